The smallest absolute Gasteiger partial charge is 0.225 e. The summed E-state index contributed by atoms with van der Waals surface area (Å²) in [6, 6.07) is 16.0. The first kappa shape index (κ1) is 21.7. The molecule has 1 N–H and O–H groups in total. The number of carbonyl (C=O) groups is 1. The Balaban J connectivity index is 1.42. The Kier molecular flexibility index (Phi) is 7.10. The number of nitrogens with one attached hydrogen (secondary N) is 1. The second kappa shape index (κ2) is 10.2. The summed E-state index contributed by atoms with van der Waals surface area (Å²) in [6.45, 7) is 4.07. The van der Waals surface area contributed by atoms with E-state index >= 15 is 0 Å². The first-order chi connectivity index (χ1) is 15.1. The van der Waals surface area contributed by atoms with Gasteiger partial charge < -0.3 is 10.2 Å². The minimum absolute atomic E-state index is 0.0707. The van der Waals surface area contributed by atoms with Crippen LogP contribution in [0.3, 0.4) is 0 Å². The third-order valence-corrected chi connectivity index (χ3v) is 6.55. The number of benzene rings is 2. The highest BCUT2D eigenvalue weighted by molar-refractivity contribution is 7.99. The van der Waals surface area contributed by atoms with Crippen molar-refractivity contribution >= 4 is 35.1 Å². The molecular formula is C24H25ClN4OS. The van der Waals surface area contributed by atoms with Gasteiger partial charge in [-0.3, -0.25) is 4.79 Å². The Hall–Kier alpha value is -2.57. The fourth-order valence-corrected chi connectivity index (χ4v) is 4.78. The van der Waals surface area contributed by atoms with Crippen molar-refractivity contribution in [3.63, 3.8) is 0 Å². The summed E-state index contributed by atoms with van der Waals surface area (Å²) in [7, 11) is 0. The van der Waals surface area contributed by atoms with Crippen LogP contribution in [-0.2, 0) is 11.3 Å². The van der Waals surface area contributed by atoms with Crippen molar-refractivity contribution in [2.24, 2.45) is 5.92 Å². The Labute approximate surface area is 192 Å². The molecule has 7 heteroatoms. The number of piperidine rings is 1. The van der Waals surface area contributed by atoms with E-state index < -0.39 is 0 Å². The van der Waals surface area contributed by atoms with E-state index in [4.69, 9.17) is 11.6 Å². The largest absolute Gasteiger partial charge is 0.354 e. The van der Waals surface area contributed by atoms with E-state index in [9.17, 15) is 4.79 Å². The fraction of sp³-hybridized carbons (Fsp3) is 0.292. The van der Waals surface area contributed by atoms with Crippen molar-refractivity contribution in [1.82, 2.24) is 15.3 Å². The molecule has 0 spiro atoms. The van der Waals surface area contributed by atoms with E-state index in [0.717, 1.165) is 40.7 Å². The van der Waals surface area contributed by atoms with Crippen LogP contribution in [0.1, 0.15) is 24.0 Å². The average Bonchev–Trinajstić information content (AvgIpc) is 2.79. The van der Waals surface area contributed by atoms with Crippen LogP contribution in [0.5, 0.6) is 0 Å². The predicted octanol–water partition coefficient (Wildman–Crippen LogP) is 5.12. The molecule has 2 aromatic carbocycles. The third kappa shape index (κ3) is 5.77. The van der Waals surface area contributed by atoms with Gasteiger partial charge in [0.1, 0.15) is 5.03 Å². The molecule has 0 saturated carbocycles. The molecule has 5 nitrogen and oxygen atoms in total. The van der Waals surface area contributed by atoms with Crippen LogP contribution in [0, 0.1) is 12.8 Å². The van der Waals surface area contributed by atoms with Gasteiger partial charge in [0.05, 0.1) is 5.92 Å². The average molecular weight is 453 g/mol. The Morgan fingerprint density at radius 1 is 1.19 bits per heavy atom. The van der Waals surface area contributed by atoms with Gasteiger partial charge in [-0.2, -0.15) is 0 Å². The van der Waals surface area contributed by atoms with E-state index in [1.54, 1.807) is 24.2 Å². The molecule has 0 aliphatic carbocycles. The highest BCUT2D eigenvalue weighted by atomic mass is 35.5. The van der Waals surface area contributed by atoms with Crippen molar-refractivity contribution in [1.29, 1.82) is 0 Å². The van der Waals surface area contributed by atoms with Crippen LogP contribution in [0.4, 0.5) is 5.82 Å². The zero-order chi connectivity index (χ0) is 21.6. The number of amides is 1. The van der Waals surface area contributed by atoms with Gasteiger partial charge in [-0.15, -0.1) is 0 Å². The van der Waals surface area contributed by atoms with Crippen LogP contribution in [0.2, 0.25) is 5.02 Å². The molecule has 1 atom stereocenters. The van der Waals surface area contributed by atoms with Gasteiger partial charge in [0, 0.05) is 41.9 Å². The normalized spacial score (nSPS) is 16.2. The summed E-state index contributed by atoms with van der Waals surface area (Å²) in [6.07, 6.45) is 5.26. The summed E-state index contributed by atoms with van der Waals surface area (Å²) >= 11 is 7.65. The van der Waals surface area contributed by atoms with Crippen molar-refractivity contribution in [3.05, 3.63) is 77.1 Å². The number of carbonyl (C=O) groups excluding carboxylic acids is 1. The van der Waals surface area contributed by atoms with Gasteiger partial charge in [0.15, 0.2) is 5.82 Å². The van der Waals surface area contributed by atoms with E-state index in [2.05, 4.69) is 51.4 Å². The van der Waals surface area contributed by atoms with Crippen LogP contribution >= 0.6 is 23.4 Å². The first-order valence-electron chi connectivity index (χ1n) is 10.4. The maximum atomic E-state index is 12.8. The molecule has 0 radical (unpaired) electrons. The van der Waals surface area contributed by atoms with Crippen molar-refractivity contribution in [2.75, 3.05) is 18.0 Å². The van der Waals surface area contributed by atoms with E-state index in [0.29, 0.717) is 18.1 Å². The second-order valence-corrected chi connectivity index (χ2v) is 9.23. The highest BCUT2D eigenvalue weighted by Crippen LogP contribution is 2.34. The lowest BCUT2D eigenvalue weighted by Gasteiger charge is -2.33. The van der Waals surface area contributed by atoms with Crippen LogP contribution < -0.4 is 10.2 Å². The minimum atomic E-state index is -0.0767. The number of rotatable bonds is 6. The van der Waals surface area contributed by atoms with Gasteiger partial charge in [-0.1, -0.05) is 53.2 Å². The van der Waals surface area contributed by atoms with Crippen LogP contribution in [-0.4, -0.2) is 29.0 Å². The molecule has 1 aliphatic heterocycles. The van der Waals surface area contributed by atoms with Crippen LogP contribution in [0.15, 0.2) is 70.8 Å². The van der Waals surface area contributed by atoms with E-state index in [1.807, 2.05) is 24.3 Å². The molecule has 3 aromatic rings. The van der Waals surface area contributed by atoms with Gasteiger partial charge in [0.2, 0.25) is 5.91 Å². The monoisotopic (exact) mass is 452 g/mol. The number of aryl methyl sites for hydroxylation is 1. The molecule has 31 heavy (non-hydrogen) atoms. The van der Waals surface area contributed by atoms with Crippen molar-refractivity contribution in [3.8, 4) is 0 Å². The summed E-state index contributed by atoms with van der Waals surface area (Å²) in [4.78, 5) is 25.3. The SMILES string of the molecule is Cc1ccc(Sc2nccnc2N2CCCC(C(=O)NCc3cccc(Cl)c3)C2)cc1. The summed E-state index contributed by atoms with van der Waals surface area (Å²) in [5.74, 6) is 0.842. The Morgan fingerprint density at radius 2 is 2.00 bits per heavy atom. The lowest BCUT2D eigenvalue weighted by atomic mass is 9.97. The third-order valence-electron chi connectivity index (χ3n) is 5.33. The van der Waals surface area contributed by atoms with Gasteiger partial charge in [-0.25, -0.2) is 9.97 Å². The second-order valence-electron chi connectivity index (χ2n) is 7.73. The summed E-state index contributed by atoms with van der Waals surface area (Å²) < 4.78 is 0. The Morgan fingerprint density at radius 3 is 2.81 bits per heavy atom. The molecule has 4 rings (SSSR count). The summed E-state index contributed by atoms with van der Waals surface area (Å²) in [5, 5.41) is 4.61. The quantitative estimate of drug-likeness (QED) is 0.562. The van der Waals surface area contributed by atoms with E-state index in [1.165, 1.54) is 5.56 Å². The molecular weight excluding hydrogens is 428 g/mol. The molecule has 1 amide bonds. The molecule has 1 unspecified atom stereocenters. The molecule has 1 aromatic heterocycles. The maximum absolute atomic E-state index is 12.8. The lowest BCUT2D eigenvalue weighted by molar-refractivity contribution is -0.125. The highest BCUT2D eigenvalue weighted by Gasteiger charge is 2.28. The van der Waals surface area contributed by atoms with Crippen molar-refractivity contribution < 1.29 is 4.79 Å². The summed E-state index contributed by atoms with van der Waals surface area (Å²) in [5.41, 5.74) is 2.23. The standard InChI is InChI=1S/C24H25ClN4OS/c1-17-7-9-21(10-8-17)31-24-22(26-11-12-27-24)29-13-3-5-19(16-29)23(30)28-15-18-4-2-6-20(25)14-18/h2,4,6-12,14,19H,3,5,13,15-16H2,1H3,(H,28,30). The molecule has 1 fully saturated rings. The maximum Gasteiger partial charge on any atom is 0.225 e. The zero-order valence-corrected chi connectivity index (χ0v) is 19.0. The first-order valence-corrected chi connectivity index (χ1v) is 11.6. The van der Waals surface area contributed by atoms with Gasteiger partial charge >= 0.3 is 0 Å². The molecule has 1 aliphatic rings. The van der Waals surface area contributed by atoms with E-state index in [-0.39, 0.29) is 11.8 Å². The fourth-order valence-electron chi connectivity index (χ4n) is 3.69. The Bertz CT molecular complexity index is 1040. The number of hydrogen-bond acceptors (Lipinski definition) is 5. The van der Waals surface area contributed by atoms with Crippen molar-refractivity contribution in [2.45, 2.75) is 36.2 Å². The van der Waals surface area contributed by atoms with Crippen LogP contribution in [0.25, 0.3) is 0 Å². The number of nitrogens with zero attached hydrogens (tertiary/aromatic N) is 3. The zero-order valence-electron chi connectivity index (χ0n) is 17.4. The molecule has 2 heterocycles. The number of hydrogen-bond donors (Lipinski definition) is 1. The molecule has 160 valence electrons. The molecule has 1 saturated heterocycles. The number of aromatic nitrogens is 2. The van der Waals surface area contributed by atoms with Gasteiger partial charge in [-0.05, 0) is 49.6 Å². The number of halogens is 1. The topological polar surface area (TPSA) is 58.1 Å². The lowest BCUT2D eigenvalue weighted by Crippen LogP contribution is -2.43. The predicted molar refractivity (Wildman–Crippen MR) is 126 cm³/mol. The number of anilines is 1. The van der Waals surface area contributed by atoms with Gasteiger partial charge in [0.25, 0.3) is 0 Å². The molecule has 0 bridgehead atoms. The minimum Gasteiger partial charge on any atom is -0.354 e.